The summed E-state index contributed by atoms with van der Waals surface area (Å²) in [4.78, 5) is 27.5. The lowest BCUT2D eigenvalue weighted by Gasteiger charge is -2.34. The predicted molar refractivity (Wildman–Crippen MR) is 128 cm³/mol. The van der Waals surface area contributed by atoms with Gasteiger partial charge in [-0.2, -0.15) is 0 Å². The number of rotatable bonds is 7. The van der Waals surface area contributed by atoms with Gasteiger partial charge in [0.05, 0.1) is 31.0 Å². The number of nitrogens with one attached hydrogen (secondary N) is 1. The van der Waals surface area contributed by atoms with Crippen molar-refractivity contribution in [2.75, 3.05) is 33.4 Å². The van der Waals surface area contributed by atoms with Crippen molar-refractivity contribution in [2.45, 2.75) is 57.0 Å². The van der Waals surface area contributed by atoms with Crippen LogP contribution in [0.1, 0.15) is 56.4 Å². The SMILES string of the molecule is COCCOC1CCCN(C(=O)CC2CCC(c3cnc4ncc5[nH]cccc5c34)CC2)C1. The molecule has 2 fully saturated rings. The first kappa shape index (κ1) is 22.3. The smallest absolute Gasteiger partial charge is 0.222 e. The van der Waals surface area contributed by atoms with Crippen LogP contribution in [0.4, 0.5) is 0 Å². The van der Waals surface area contributed by atoms with Gasteiger partial charge in [-0.3, -0.25) is 4.79 Å². The third-order valence-corrected chi connectivity index (χ3v) is 7.43. The minimum absolute atomic E-state index is 0.146. The zero-order valence-electron chi connectivity index (χ0n) is 19.5. The molecule has 3 aromatic rings. The lowest BCUT2D eigenvalue weighted by Crippen LogP contribution is -2.44. The van der Waals surface area contributed by atoms with E-state index in [0.717, 1.165) is 62.8 Å². The maximum absolute atomic E-state index is 13.0. The summed E-state index contributed by atoms with van der Waals surface area (Å²) in [6.07, 6.45) is 13.1. The van der Waals surface area contributed by atoms with E-state index in [0.29, 0.717) is 37.4 Å². The maximum Gasteiger partial charge on any atom is 0.222 e. The number of H-pyrrole nitrogens is 1. The quantitative estimate of drug-likeness (QED) is 0.539. The molecule has 5 rings (SSSR count). The standard InChI is InChI=1S/C26H34N4O3/c1-32-12-13-33-20-4-3-11-30(17-20)24(31)14-18-6-8-19(9-7-18)22-15-28-26-25(22)21-5-2-10-27-23(21)16-29-26/h2,5,10,15-16,18-20,27H,3-4,6-9,11-14,17H2,1H3. The first-order chi connectivity index (χ1) is 16.2. The molecule has 2 aliphatic rings. The van der Waals surface area contributed by atoms with Gasteiger partial charge in [0.2, 0.25) is 5.91 Å². The van der Waals surface area contributed by atoms with Crippen LogP contribution in [0.5, 0.6) is 0 Å². The van der Waals surface area contributed by atoms with E-state index in [2.05, 4.69) is 21.0 Å². The zero-order chi connectivity index (χ0) is 22.6. The van der Waals surface area contributed by atoms with Crippen molar-refractivity contribution < 1.29 is 14.3 Å². The minimum Gasteiger partial charge on any atom is -0.382 e. The average molecular weight is 451 g/mol. The van der Waals surface area contributed by atoms with Crippen LogP contribution in [-0.2, 0) is 14.3 Å². The largest absolute Gasteiger partial charge is 0.382 e. The number of hydrogen-bond donors (Lipinski definition) is 1. The Morgan fingerprint density at radius 1 is 1.15 bits per heavy atom. The van der Waals surface area contributed by atoms with E-state index < -0.39 is 0 Å². The van der Waals surface area contributed by atoms with Crippen molar-refractivity contribution in [3.63, 3.8) is 0 Å². The van der Waals surface area contributed by atoms with E-state index in [4.69, 9.17) is 9.47 Å². The topological polar surface area (TPSA) is 80.3 Å². The van der Waals surface area contributed by atoms with Crippen molar-refractivity contribution in [2.24, 2.45) is 5.92 Å². The Bertz CT molecular complexity index is 1090. The van der Waals surface area contributed by atoms with E-state index in [1.165, 1.54) is 16.3 Å². The number of pyridine rings is 2. The van der Waals surface area contributed by atoms with Crippen molar-refractivity contribution in [1.29, 1.82) is 0 Å². The Morgan fingerprint density at radius 3 is 2.85 bits per heavy atom. The van der Waals surface area contributed by atoms with Crippen LogP contribution in [0.25, 0.3) is 21.9 Å². The second kappa shape index (κ2) is 10.2. The Morgan fingerprint density at radius 2 is 2.00 bits per heavy atom. The molecule has 1 saturated heterocycles. The minimum atomic E-state index is 0.146. The van der Waals surface area contributed by atoms with E-state index >= 15 is 0 Å². The highest BCUT2D eigenvalue weighted by atomic mass is 16.5. The Labute approximate surface area is 194 Å². The molecule has 1 unspecified atom stereocenters. The van der Waals surface area contributed by atoms with Crippen LogP contribution in [0.3, 0.4) is 0 Å². The summed E-state index contributed by atoms with van der Waals surface area (Å²) in [7, 11) is 1.68. The first-order valence-corrected chi connectivity index (χ1v) is 12.3. The number of nitrogens with zero attached hydrogens (tertiary/aromatic N) is 3. The Balaban J connectivity index is 1.18. The lowest BCUT2D eigenvalue weighted by molar-refractivity contribution is -0.136. The molecule has 4 heterocycles. The number of ether oxygens (including phenoxy) is 2. The van der Waals surface area contributed by atoms with Gasteiger partial charge < -0.3 is 19.4 Å². The highest BCUT2D eigenvalue weighted by Gasteiger charge is 2.30. The fourth-order valence-corrected chi connectivity index (χ4v) is 5.63. The third kappa shape index (κ3) is 4.89. The van der Waals surface area contributed by atoms with Crippen LogP contribution < -0.4 is 0 Å². The highest BCUT2D eigenvalue weighted by Crippen LogP contribution is 2.41. The average Bonchev–Trinajstić information content (AvgIpc) is 3.30. The molecule has 1 aliphatic carbocycles. The van der Waals surface area contributed by atoms with Crippen LogP contribution >= 0.6 is 0 Å². The molecule has 3 aromatic heterocycles. The van der Waals surface area contributed by atoms with Crippen molar-refractivity contribution in [3.05, 3.63) is 36.3 Å². The molecule has 1 amide bonds. The monoisotopic (exact) mass is 450 g/mol. The molecule has 7 nitrogen and oxygen atoms in total. The van der Waals surface area contributed by atoms with E-state index in [9.17, 15) is 4.79 Å². The predicted octanol–water partition coefficient (Wildman–Crippen LogP) is 4.43. The molecule has 7 heteroatoms. The zero-order valence-corrected chi connectivity index (χ0v) is 19.5. The fourth-order valence-electron chi connectivity index (χ4n) is 5.63. The molecule has 1 N–H and O–H groups in total. The van der Waals surface area contributed by atoms with Crippen LogP contribution in [0, 0.1) is 5.92 Å². The van der Waals surface area contributed by atoms with Gasteiger partial charge in [0.1, 0.15) is 0 Å². The number of piperidine rings is 1. The van der Waals surface area contributed by atoms with Crippen LogP contribution in [0.2, 0.25) is 0 Å². The van der Waals surface area contributed by atoms with Gasteiger partial charge in [0.15, 0.2) is 5.65 Å². The number of carbonyl (C=O) groups is 1. The molecular formula is C26H34N4O3. The number of methoxy groups -OCH3 is 1. The van der Waals surface area contributed by atoms with Crippen molar-refractivity contribution >= 4 is 27.8 Å². The normalized spacial score (nSPS) is 23.9. The number of aromatic nitrogens is 3. The van der Waals surface area contributed by atoms with Gasteiger partial charge in [-0.15, -0.1) is 0 Å². The summed E-state index contributed by atoms with van der Waals surface area (Å²) < 4.78 is 11.0. The molecule has 0 spiro atoms. The summed E-state index contributed by atoms with van der Waals surface area (Å²) >= 11 is 0. The maximum atomic E-state index is 13.0. The molecule has 0 aromatic carbocycles. The second-order valence-electron chi connectivity index (χ2n) is 9.56. The summed E-state index contributed by atoms with van der Waals surface area (Å²) in [5, 5.41) is 2.39. The molecule has 1 atom stereocenters. The number of likely N-dealkylation sites (tertiary alicyclic amines) is 1. The van der Waals surface area contributed by atoms with Crippen molar-refractivity contribution in [3.8, 4) is 0 Å². The Kier molecular flexibility index (Phi) is 6.88. The molecule has 33 heavy (non-hydrogen) atoms. The Hall–Kier alpha value is -2.51. The highest BCUT2D eigenvalue weighted by molar-refractivity contribution is 6.05. The lowest BCUT2D eigenvalue weighted by atomic mass is 9.77. The van der Waals surface area contributed by atoms with Gasteiger partial charge in [0, 0.05) is 49.8 Å². The van der Waals surface area contributed by atoms with Gasteiger partial charge in [-0.05, 0) is 62.0 Å². The summed E-state index contributed by atoms with van der Waals surface area (Å²) in [6.45, 7) is 2.79. The van der Waals surface area contributed by atoms with E-state index in [1.807, 2.05) is 29.6 Å². The molecule has 0 bridgehead atoms. The van der Waals surface area contributed by atoms with Crippen molar-refractivity contribution in [1.82, 2.24) is 19.9 Å². The van der Waals surface area contributed by atoms with Crippen LogP contribution in [-0.4, -0.2) is 65.3 Å². The number of hydrogen-bond acceptors (Lipinski definition) is 5. The third-order valence-electron chi connectivity index (χ3n) is 7.43. The fraction of sp³-hybridized carbons (Fsp3) is 0.577. The summed E-state index contributed by atoms with van der Waals surface area (Å²) in [5.74, 6) is 1.26. The molecule has 1 aliphatic heterocycles. The van der Waals surface area contributed by atoms with Gasteiger partial charge in [-0.1, -0.05) is 6.07 Å². The number of aromatic amines is 1. The van der Waals surface area contributed by atoms with E-state index in [1.54, 1.807) is 7.11 Å². The summed E-state index contributed by atoms with van der Waals surface area (Å²) in [5.41, 5.74) is 3.20. The number of amides is 1. The molecule has 176 valence electrons. The number of fused-ring (bicyclic) bond motifs is 3. The molecule has 0 radical (unpaired) electrons. The van der Waals surface area contributed by atoms with Crippen LogP contribution in [0.15, 0.2) is 30.7 Å². The summed E-state index contributed by atoms with van der Waals surface area (Å²) in [6, 6.07) is 4.19. The second-order valence-corrected chi connectivity index (χ2v) is 9.56. The molecular weight excluding hydrogens is 416 g/mol. The van der Waals surface area contributed by atoms with Gasteiger partial charge in [-0.25, -0.2) is 9.97 Å². The van der Waals surface area contributed by atoms with Gasteiger partial charge in [0.25, 0.3) is 0 Å². The van der Waals surface area contributed by atoms with Gasteiger partial charge >= 0.3 is 0 Å². The van der Waals surface area contributed by atoms with E-state index in [-0.39, 0.29) is 6.10 Å². The first-order valence-electron chi connectivity index (χ1n) is 12.3. The molecule has 1 saturated carbocycles. The number of carbonyl (C=O) groups excluding carboxylic acids is 1.